The Morgan fingerprint density at radius 3 is 2.62 bits per heavy atom. The first-order chi connectivity index (χ1) is 10.2. The Morgan fingerprint density at radius 2 is 1.90 bits per heavy atom. The highest BCUT2D eigenvalue weighted by Gasteiger charge is 2.36. The Labute approximate surface area is 127 Å². The first kappa shape index (κ1) is 14.4. The molecular weight excluding hydrogens is 262 g/mol. The third kappa shape index (κ3) is 2.91. The van der Waals surface area contributed by atoms with E-state index in [0.717, 1.165) is 37.3 Å². The van der Waals surface area contributed by atoms with Gasteiger partial charge in [0.15, 0.2) is 0 Å². The van der Waals surface area contributed by atoms with Gasteiger partial charge in [0.25, 0.3) is 5.91 Å². The number of amides is 1. The number of hydrogen-bond donors (Lipinski definition) is 1. The van der Waals surface area contributed by atoms with Gasteiger partial charge in [0, 0.05) is 43.0 Å². The van der Waals surface area contributed by atoms with Crippen molar-refractivity contribution in [3.05, 3.63) is 29.8 Å². The van der Waals surface area contributed by atoms with Crippen molar-refractivity contribution < 1.29 is 4.79 Å². The van der Waals surface area contributed by atoms with Gasteiger partial charge in [-0.3, -0.25) is 9.69 Å². The summed E-state index contributed by atoms with van der Waals surface area (Å²) in [6, 6.07) is 9.08. The van der Waals surface area contributed by atoms with Crippen LogP contribution in [0.25, 0.3) is 0 Å². The minimum Gasteiger partial charge on any atom is -0.385 e. The monoisotopic (exact) mass is 287 g/mol. The molecule has 2 fully saturated rings. The number of benzene rings is 1. The maximum atomic E-state index is 12.7. The fraction of sp³-hybridized carbons (Fsp3) is 0.588. The summed E-state index contributed by atoms with van der Waals surface area (Å²) in [5.74, 6) is 0.180. The van der Waals surface area contributed by atoms with E-state index < -0.39 is 0 Å². The van der Waals surface area contributed by atoms with E-state index in [0.29, 0.717) is 12.1 Å². The molecule has 1 N–H and O–H groups in total. The van der Waals surface area contributed by atoms with Crippen molar-refractivity contribution in [2.45, 2.75) is 38.3 Å². The maximum absolute atomic E-state index is 12.7. The Morgan fingerprint density at radius 1 is 1.19 bits per heavy atom. The molecule has 1 aromatic rings. The SMILES string of the molecule is CCNc1ccc(C(=O)N2CCC3CCC(C2)N3C)cc1. The van der Waals surface area contributed by atoms with Gasteiger partial charge >= 0.3 is 0 Å². The second kappa shape index (κ2) is 6.06. The number of nitrogens with one attached hydrogen (secondary N) is 1. The van der Waals surface area contributed by atoms with E-state index in [-0.39, 0.29) is 5.91 Å². The molecule has 2 atom stereocenters. The molecule has 1 aromatic carbocycles. The molecular formula is C17H25N3O. The molecule has 2 saturated heterocycles. The van der Waals surface area contributed by atoms with Gasteiger partial charge in [-0.2, -0.15) is 0 Å². The minimum absolute atomic E-state index is 0.180. The molecule has 2 aliphatic heterocycles. The largest absolute Gasteiger partial charge is 0.385 e. The lowest BCUT2D eigenvalue weighted by Gasteiger charge is -2.26. The van der Waals surface area contributed by atoms with Gasteiger partial charge in [0.2, 0.25) is 0 Å². The molecule has 114 valence electrons. The molecule has 4 heteroatoms. The van der Waals surface area contributed by atoms with Crippen molar-refractivity contribution in [2.24, 2.45) is 0 Å². The number of likely N-dealkylation sites (N-methyl/N-ethyl adjacent to an activating group) is 1. The van der Waals surface area contributed by atoms with Crippen LogP contribution in [-0.4, -0.2) is 54.5 Å². The third-order valence-electron chi connectivity index (χ3n) is 4.95. The Kier molecular flexibility index (Phi) is 4.15. The molecule has 0 aromatic heterocycles. The molecule has 4 nitrogen and oxygen atoms in total. The second-order valence-electron chi connectivity index (χ2n) is 6.20. The summed E-state index contributed by atoms with van der Waals surface area (Å²) in [4.78, 5) is 17.2. The van der Waals surface area contributed by atoms with E-state index in [4.69, 9.17) is 0 Å². The van der Waals surface area contributed by atoms with E-state index in [1.165, 1.54) is 12.8 Å². The van der Waals surface area contributed by atoms with Crippen LogP contribution >= 0.6 is 0 Å². The molecule has 2 unspecified atom stereocenters. The first-order valence-corrected chi connectivity index (χ1v) is 8.04. The van der Waals surface area contributed by atoms with E-state index >= 15 is 0 Å². The fourth-order valence-corrected chi connectivity index (χ4v) is 3.61. The van der Waals surface area contributed by atoms with Gasteiger partial charge in [-0.05, 0) is 57.5 Å². The summed E-state index contributed by atoms with van der Waals surface area (Å²) in [7, 11) is 2.21. The van der Waals surface area contributed by atoms with Crippen LogP contribution in [-0.2, 0) is 0 Å². The average molecular weight is 287 g/mol. The highest BCUT2D eigenvalue weighted by molar-refractivity contribution is 5.94. The van der Waals surface area contributed by atoms with Gasteiger partial charge in [-0.1, -0.05) is 0 Å². The molecule has 1 amide bonds. The number of anilines is 1. The Bertz CT molecular complexity index is 499. The number of nitrogens with zero attached hydrogens (tertiary/aromatic N) is 2. The number of carbonyl (C=O) groups is 1. The Hall–Kier alpha value is -1.55. The summed E-state index contributed by atoms with van der Waals surface area (Å²) in [5.41, 5.74) is 1.88. The van der Waals surface area contributed by atoms with Crippen LogP contribution in [0.15, 0.2) is 24.3 Å². The summed E-state index contributed by atoms with van der Waals surface area (Å²) in [6.45, 7) is 4.73. The van der Waals surface area contributed by atoms with Crippen LogP contribution in [0.3, 0.4) is 0 Å². The minimum atomic E-state index is 0.180. The van der Waals surface area contributed by atoms with Gasteiger partial charge in [0.1, 0.15) is 0 Å². The summed E-state index contributed by atoms with van der Waals surface area (Å²) in [6.07, 6.45) is 3.62. The molecule has 0 spiro atoms. The standard InChI is InChI=1S/C17H25N3O/c1-3-18-14-6-4-13(5-7-14)17(21)20-11-10-15-8-9-16(12-20)19(15)2/h4-7,15-16,18H,3,8-12H2,1-2H3. The first-order valence-electron chi connectivity index (χ1n) is 8.04. The number of carbonyl (C=O) groups excluding carboxylic acids is 1. The van der Waals surface area contributed by atoms with Crippen molar-refractivity contribution in [2.75, 3.05) is 32.0 Å². The normalized spacial score (nSPS) is 25.7. The summed E-state index contributed by atoms with van der Waals surface area (Å²) < 4.78 is 0. The fourth-order valence-electron chi connectivity index (χ4n) is 3.61. The molecule has 0 saturated carbocycles. The second-order valence-corrected chi connectivity index (χ2v) is 6.20. The van der Waals surface area contributed by atoms with Gasteiger partial charge in [-0.25, -0.2) is 0 Å². The molecule has 0 radical (unpaired) electrons. The third-order valence-corrected chi connectivity index (χ3v) is 4.95. The van der Waals surface area contributed by atoms with E-state index in [1.54, 1.807) is 0 Å². The molecule has 21 heavy (non-hydrogen) atoms. The lowest BCUT2D eigenvalue weighted by molar-refractivity contribution is 0.0740. The zero-order chi connectivity index (χ0) is 14.8. The summed E-state index contributed by atoms with van der Waals surface area (Å²) >= 11 is 0. The highest BCUT2D eigenvalue weighted by atomic mass is 16.2. The predicted octanol–water partition coefficient (Wildman–Crippen LogP) is 2.43. The van der Waals surface area contributed by atoms with Gasteiger partial charge in [-0.15, -0.1) is 0 Å². The van der Waals surface area contributed by atoms with Crippen LogP contribution < -0.4 is 5.32 Å². The predicted molar refractivity (Wildman–Crippen MR) is 85.7 cm³/mol. The van der Waals surface area contributed by atoms with Crippen LogP contribution in [0.5, 0.6) is 0 Å². The quantitative estimate of drug-likeness (QED) is 0.927. The smallest absolute Gasteiger partial charge is 0.253 e. The van der Waals surface area contributed by atoms with Crippen molar-refractivity contribution in [3.63, 3.8) is 0 Å². The van der Waals surface area contributed by atoms with Crippen LogP contribution in [0.4, 0.5) is 5.69 Å². The number of likely N-dealkylation sites (tertiary alicyclic amines) is 1. The average Bonchev–Trinajstić information content (AvgIpc) is 2.73. The van der Waals surface area contributed by atoms with Gasteiger partial charge < -0.3 is 10.2 Å². The molecule has 2 aliphatic rings. The van der Waals surface area contributed by atoms with E-state index in [2.05, 4.69) is 24.2 Å². The molecule has 0 aliphatic carbocycles. The summed E-state index contributed by atoms with van der Waals surface area (Å²) in [5, 5.41) is 3.26. The van der Waals surface area contributed by atoms with Crippen molar-refractivity contribution in [3.8, 4) is 0 Å². The van der Waals surface area contributed by atoms with Crippen LogP contribution in [0.1, 0.15) is 36.5 Å². The van der Waals surface area contributed by atoms with Crippen LogP contribution in [0.2, 0.25) is 0 Å². The zero-order valence-corrected chi connectivity index (χ0v) is 13.0. The van der Waals surface area contributed by atoms with Crippen molar-refractivity contribution in [1.29, 1.82) is 0 Å². The topological polar surface area (TPSA) is 35.6 Å². The molecule has 2 heterocycles. The van der Waals surface area contributed by atoms with Crippen LogP contribution in [0, 0.1) is 0 Å². The number of fused-ring (bicyclic) bond motifs is 2. The number of rotatable bonds is 3. The van der Waals surface area contributed by atoms with Crippen molar-refractivity contribution in [1.82, 2.24) is 9.80 Å². The Balaban J connectivity index is 1.70. The van der Waals surface area contributed by atoms with Crippen molar-refractivity contribution >= 4 is 11.6 Å². The van der Waals surface area contributed by atoms with E-state index in [1.807, 2.05) is 29.2 Å². The van der Waals surface area contributed by atoms with E-state index in [9.17, 15) is 4.79 Å². The molecule has 2 bridgehead atoms. The van der Waals surface area contributed by atoms with Gasteiger partial charge in [0.05, 0.1) is 0 Å². The highest BCUT2D eigenvalue weighted by Crippen LogP contribution is 2.29. The maximum Gasteiger partial charge on any atom is 0.253 e. The molecule has 3 rings (SSSR count). The number of hydrogen-bond acceptors (Lipinski definition) is 3. The lowest BCUT2D eigenvalue weighted by atomic mass is 10.1. The zero-order valence-electron chi connectivity index (χ0n) is 13.0. The lowest BCUT2D eigenvalue weighted by Crippen LogP contribution is -2.39.